The largest absolute Gasteiger partial charge is 0.480 e. The normalized spacial score (nSPS) is 11.5. The molecule has 0 aromatic heterocycles. The summed E-state index contributed by atoms with van der Waals surface area (Å²) in [6, 6.07) is 0. The minimum atomic E-state index is -1.74. The number of hydrogen-bond donors (Lipinski definition) is 4. The van der Waals surface area contributed by atoms with Crippen molar-refractivity contribution in [2.45, 2.75) is 258 Å². The molecule has 0 aliphatic rings. The zero-order valence-corrected chi connectivity index (χ0v) is 52.9. The summed E-state index contributed by atoms with van der Waals surface area (Å²) in [5, 5.41) is 36.9. The van der Waals surface area contributed by atoms with Gasteiger partial charge in [-0.15, -0.1) is 0 Å². The minimum Gasteiger partial charge on any atom is -0.480 e. The summed E-state index contributed by atoms with van der Waals surface area (Å²) in [5.74, 6) is -7.94. The molecule has 494 valence electrons. The number of aliphatic carboxylic acids is 4. The van der Waals surface area contributed by atoms with E-state index in [2.05, 4.69) is 13.8 Å². The predicted octanol–water partition coefficient (Wildman–Crippen LogP) is 11.4. The van der Waals surface area contributed by atoms with Crippen molar-refractivity contribution < 1.29 is 87.3 Å². The summed E-state index contributed by atoms with van der Waals surface area (Å²) in [7, 11) is 0. The van der Waals surface area contributed by atoms with Gasteiger partial charge in [-0.3, -0.25) is 57.9 Å². The van der Waals surface area contributed by atoms with Gasteiger partial charge in [0.1, 0.15) is 19.8 Å². The Morgan fingerprint density at radius 1 is 0.306 bits per heavy atom. The van der Waals surface area contributed by atoms with Crippen molar-refractivity contribution in [2.24, 2.45) is 5.41 Å². The van der Waals surface area contributed by atoms with Crippen molar-refractivity contribution in [1.82, 2.24) is 14.7 Å². The Bertz CT molecular complexity index is 1670. The molecule has 0 heterocycles. The van der Waals surface area contributed by atoms with E-state index in [1.54, 1.807) is 4.90 Å². The maximum Gasteiger partial charge on any atom is 0.322 e. The van der Waals surface area contributed by atoms with Crippen LogP contribution in [-0.4, -0.2) is 181 Å². The fourth-order valence-corrected chi connectivity index (χ4v) is 9.90. The molecule has 4 N–H and O–H groups in total. The van der Waals surface area contributed by atoms with Gasteiger partial charge < -0.3 is 44.1 Å². The molecule has 0 spiro atoms. The molecule has 0 amide bonds. The molecule has 85 heavy (non-hydrogen) atoms. The zero-order chi connectivity index (χ0) is 63.0. The van der Waals surface area contributed by atoms with Crippen LogP contribution in [0.3, 0.4) is 0 Å². The van der Waals surface area contributed by atoms with Crippen LogP contribution < -0.4 is 0 Å². The highest BCUT2D eigenvalue weighted by Gasteiger charge is 2.45. The van der Waals surface area contributed by atoms with Gasteiger partial charge in [0.05, 0.1) is 45.9 Å². The second-order valence-electron chi connectivity index (χ2n) is 23.2. The van der Waals surface area contributed by atoms with Gasteiger partial charge in [0.15, 0.2) is 5.41 Å². The summed E-state index contributed by atoms with van der Waals surface area (Å²) in [6.45, 7) is 1.95. The SMILES string of the molecule is CCCCCCCCCCCCCCCC(=O)OCC(COC(C)=O)(COC(=O)CCCCCCCCCCCCCCC)C(=O)OCCCCCCCCCCCOC(=O)CN(CCN(CC(=O)O)CC(=O)O)CCN(CC(=O)O)CC(=O)O. The molecule has 0 rings (SSSR count). The van der Waals surface area contributed by atoms with E-state index >= 15 is 0 Å². The van der Waals surface area contributed by atoms with E-state index < -0.39 is 105 Å². The molecule has 0 aliphatic carbocycles. The van der Waals surface area contributed by atoms with Crippen LogP contribution in [0.2, 0.25) is 0 Å². The first-order valence-electron chi connectivity index (χ1n) is 32.7. The first kappa shape index (κ1) is 80.1. The third-order valence-electron chi connectivity index (χ3n) is 15.0. The lowest BCUT2D eigenvalue weighted by Gasteiger charge is -2.30. The maximum atomic E-state index is 14.0. The molecule has 0 aromatic rings. The Morgan fingerprint density at radius 2 is 0.576 bits per heavy atom. The summed E-state index contributed by atoms with van der Waals surface area (Å²) in [6.07, 6.45) is 38.1. The number of esters is 5. The van der Waals surface area contributed by atoms with Crippen molar-refractivity contribution in [2.75, 3.05) is 91.9 Å². The Balaban J connectivity index is 5.14. The highest BCUT2D eigenvalue weighted by molar-refractivity contribution is 5.80. The Kier molecular flexibility index (Phi) is 52.5. The van der Waals surface area contributed by atoms with Crippen LogP contribution in [0.25, 0.3) is 0 Å². The second kappa shape index (κ2) is 55.7. The van der Waals surface area contributed by atoms with E-state index in [0.29, 0.717) is 25.7 Å². The average Bonchev–Trinajstić information content (AvgIpc) is 3.65. The van der Waals surface area contributed by atoms with Gasteiger partial charge in [0.25, 0.3) is 0 Å². The zero-order valence-electron chi connectivity index (χ0n) is 52.9. The van der Waals surface area contributed by atoms with E-state index in [1.165, 1.54) is 132 Å². The summed E-state index contributed by atoms with van der Waals surface area (Å²) >= 11 is 0. The van der Waals surface area contributed by atoms with Crippen molar-refractivity contribution >= 4 is 53.7 Å². The van der Waals surface area contributed by atoms with Gasteiger partial charge in [0, 0.05) is 45.9 Å². The molecule has 0 aliphatic heterocycles. The maximum absolute atomic E-state index is 14.0. The Hall–Kier alpha value is -4.89. The number of carboxylic acid groups (broad SMARTS) is 4. The molecule has 0 fully saturated rings. The molecule has 0 unspecified atom stereocenters. The number of unbranched alkanes of at least 4 members (excludes halogenated alkanes) is 32. The number of carboxylic acids is 4. The van der Waals surface area contributed by atoms with Gasteiger partial charge in [0.2, 0.25) is 0 Å². The van der Waals surface area contributed by atoms with Crippen LogP contribution in [0.4, 0.5) is 0 Å². The Labute approximate surface area is 509 Å². The molecule has 21 nitrogen and oxygen atoms in total. The second-order valence-corrected chi connectivity index (χ2v) is 23.2. The summed E-state index contributed by atoms with van der Waals surface area (Å²) in [5.41, 5.74) is -1.74. The minimum absolute atomic E-state index is 0.0314. The molecule has 0 bridgehead atoms. The molecular weight excluding hydrogens is 1100 g/mol. The number of carbonyl (C=O) groups is 9. The fourth-order valence-electron chi connectivity index (χ4n) is 9.90. The first-order chi connectivity index (χ1) is 40.9. The molecular formula is C64H115N3O18. The van der Waals surface area contributed by atoms with Crippen LogP contribution in [-0.2, 0) is 66.8 Å². The number of nitrogens with zero attached hydrogens (tertiary/aromatic N) is 3. The highest BCUT2D eigenvalue weighted by Crippen LogP contribution is 2.25. The standard InChI is InChI=1S/C64H115N3O18/c1-4-6-8-10-12-14-16-18-20-23-27-31-35-39-60(77)84-53-64(52-83-55(3)68,54-85-61(78)40-36-32-28-24-21-19-17-15-13-11-9-7-5-2)63(80)82-46-38-34-30-26-22-25-29-33-37-45-81-62(79)51-65(41-43-66(47-56(69)70)48-57(71)72)42-44-67(49-58(73)74)50-59(75)76/h4-54H2,1-3H3,(H,69,70)(H,71,72)(H,73,74)(H,75,76). The molecule has 0 atom stereocenters. The highest BCUT2D eigenvalue weighted by atomic mass is 16.6. The van der Waals surface area contributed by atoms with Crippen LogP contribution in [0.5, 0.6) is 0 Å². The summed E-state index contributed by atoms with van der Waals surface area (Å²) in [4.78, 5) is 114. The fraction of sp³-hybridized carbons (Fsp3) is 0.859. The Morgan fingerprint density at radius 3 is 0.882 bits per heavy atom. The van der Waals surface area contributed by atoms with E-state index in [-0.39, 0.29) is 58.8 Å². The van der Waals surface area contributed by atoms with Gasteiger partial charge in [-0.25, -0.2) is 0 Å². The molecule has 0 saturated heterocycles. The smallest absolute Gasteiger partial charge is 0.322 e. The molecule has 0 saturated carbocycles. The number of hydrogen-bond acceptors (Lipinski definition) is 17. The van der Waals surface area contributed by atoms with Gasteiger partial charge in [-0.2, -0.15) is 0 Å². The van der Waals surface area contributed by atoms with Crippen molar-refractivity contribution in [3.8, 4) is 0 Å². The van der Waals surface area contributed by atoms with Crippen LogP contribution in [0.15, 0.2) is 0 Å². The number of ether oxygens (including phenoxy) is 5. The molecule has 0 radical (unpaired) electrons. The quantitative estimate of drug-likeness (QED) is 0.0250. The first-order valence-corrected chi connectivity index (χ1v) is 32.7. The lowest BCUT2D eigenvalue weighted by Crippen LogP contribution is -2.47. The van der Waals surface area contributed by atoms with E-state index in [4.69, 9.17) is 23.7 Å². The molecule has 0 aromatic carbocycles. The van der Waals surface area contributed by atoms with E-state index in [9.17, 15) is 63.6 Å². The van der Waals surface area contributed by atoms with Crippen molar-refractivity contribution in [1.29, 1.82) is 0 Å². The molecule has 21 heteroatoms. The van der Waals surface area contributed by atoms with Crippen LogP contribution in [0.1, 0.15) is 258 Å². The summed E-state index contributed by atoms with van der Waals surface area (Å²) < 4.78 is 27.9. The number of rotatable bonds is 63. The van der Waals surface area contributed by atoms with Crippen molar-refractivity contribution in [3.05, 3.63) is 0 Å². The predicted molar refractivity (Wildman–Crippen MR) is 325 cm³/mol. The van der Waals surface area contributed by atoms with Crippen LogP contribution >= 0.6 is 0 Å². The van der Waals surface area contributed by atoms with Crippen molar-refractivity contribution in [3.63, 3.8) is 0 Å². The monoisotopic (exact) mass is 1210 g/mol. The third-order valence-corrected chi connectivity index (χ3v) is 15.0. The number of carbonyl (C=O) groups excluding carboxylic acids is 5. The average molecular weight is 1210 g/mol. The van der Waals surface area contributed by atoms with Gasteiger partial charge >= 0.3 is 53.7 Å². The van der Waals surface area contributed by atoms with E-state index in [0.717, 1.165) is 83.5 Å². The van der Waals surface area contributed by atoms with E-state index in [1.807, 2.05) is 0 Å². The lowest BCUT2D eigenvalue weighted by atomic mass is 9.91. The van der Waals surface area contributed by atoms with Gasteiger partial charge in [-0.05, 0) is 25.7 Å². The lowest BCUT2D eigenvalue weighted by molar-refractivity contribution is -0.179. The third kappa shape index (κ3) is 52.0. The van der Waals surface area contributed by atoms with Crippen LogP contribution in [0, 0.1) is 5.41 Å². The van der Waals surface area contributed by atoms with Gasteiger partial charge in [-0.1, -0.05) is 213 Å². The topological polar surface area (TPSA) is 290 Å².